The highest BCUT2D eigenvalue weighted by atomic mass is 79.9. The molecule has 2 N–H and O–H groups in total. The number of halogens is 3. The fraction of sp³-hybridized carbons (Fsp3) is 0. The van der Waals surface area contributed by atoms with Crippen LogP contribution in [0, 0.1) is 11.6 Å². The maximum absolute atomic E-state index is 13.7. The van der Waals surface area contributed by atoms with Crippen molar-refractivity contribution in [2.45, 2.75) is 0 Å². The highest BCUT2D eigenvalue weighted by Crippen LogP contribution is 2.29. The van der Waals surface area contributed by atoms with Gasteiger partial charge in [-0.25, -0.2) is 13.6 Å². The van der Waals surface area contributed by atoms with Crippen molar-refractivity contribution in [3.05, 3.63) is 58.1 Å². The minimum absolute atomic E-state index is 0.165. The molecule has 2 rings (SSSR count). The number of benzene rings is 2. The molecule has 0 spiro atoms. The summed E-state index contributed by atoms with van der Waals surface area (Å²) < 4.78 is 27.0. The van der Waals surface area contributed by atoms with Crippen LogP contribution in [0.4, 0.5) is 20.2 Å². The van der Waals surface area contributed by atoms with E-state index in [1.807, 2.05) is 0 Å². The number of carbonyl (C=O) groups is 1. The fourth-order valence-corrected chi connectivity index (χ4v) is 2.00. The van der Waals surface area contributed by atoms with Crippen LogP contribution in [-0.2, 0) is 0 Å². The quantitative estimate of drug-likeness (QED) is 0.889. The van der Waals surface area contributed by atoms with Gasteiger partial charge in [0.25, 0.3) is 0 Å². The smallest absolute Gasteiger partial charge is 0.337 e. The molecule has 0 saturated heterocycles. The predicted molar refractivity (Wildman–Crippen MR) is 70.7 cm³/mol. The van der Waals surface area contributed by atoms with Crippen LogP contribution in [0.15, 0.2) is 40.9 Å². The second kappa shape index (κ2) is 5.36. The highest BCUT2D eigenvalue weighted by molar-refractivity contribution is 9.10. The Hall–Kier alpha value is -1.95. The summed E-state index contributed by atoms with van der Waals surface area (Å²) in [5, 5.41) is 11.7. The van der Waals surface area contributed by atoms with E-state index in [0.717, 1.165) is 6.07 Å². The Labute approximate surface area is 116 Å². The van der Waals surface area contributed by atoms with Gasteiger partial charge in [-0.1, -0.05) is 6.07 Å². The van der Waals surface area contributed by atoms with E-state index >= 15 is 0 Å². The van der Waals surface area contributed by atoms with Gasteiger partial charge in [0.15, 0.2) is 0 Å². The molecule has 0 atom stereocenters. The lowest BCUT2D eigenvalue weighted by Gasteiger charge is -2.12. The molecule has 6 heteroatoms. The van der Waals surface area contributed by atoms with Crippen LogP contribution >= 0.6 is 15.9 Å². The molecule has 0 unspecified atom stereocenters. The van der Waals surface area contributed by atoms with Crippen LogP contribution in [0.5, 0.6) is 0 Å². The molecule has 0 aliphatic carbocycles. The molecule has 3 nitrogen and oxygen atoms in total. The van der Waals surface area contributed by atoms with E-state index in [1.54, 1.807) is 0 Å². The molecule has 0 aromatic heterocycles. The summed E-state index contributed by atoms with van der Waals surface area (Å²) >= 11 is 3.12. The third-order valence-electron chi connectivity index (χ3n) is 2.43. The Morgan fingerprint density at radius 2 is 1.95 bits per heavy atom. The van der Waals surface area contributed by atoms with Crippen molar-refractivity contribution in [2.75, 3.05) is 5.32 Å². The predicted octanol–water partition coefficient (Wildman–Crippen LogP) is 4.17. The molecule has 0 radical (unpaired) electrons. The minimum Gasteiger partial charge on any atom is -0.478 e. The lowest BCUT2D eigenvalue weighted by molar-refractivity contribution is 0.0697. The Balaban J connectivity index is 2.46. The monoisotopic (exact) mass is 327 g/mol. The van der Waals surface area contributed by atoms with E-state index in [9.17, 15) is 13.6 Å². The minimum atomic E-state index is -1.25. The number of rotatable bonds is 3. The lowest BCUT2D eigenvalue weighted by atomic mass is 10.1. The van der Waals surface area contributed by atoms with Crippen LogP contribution < -0.4 is 5.32 Å². The molecule has 0 heterocycles. The Morgan fingerprint density at radius 3 is 2.58 bits per heavy atom. The topological polar surface area (TPSA) is 49.3 Å². The molecule has 19 heavy (non-hydrogen) atoms. The van der Waals surface area contributed by atoms with Gasteiger partial charge in [-0.2, -0.15) is 0 Å². The number of hydrogen-bond acceptors (Lipinski definition) is 2. The number of aromatic carboxylic acids is 1. The van der Waals surface area contributed by atoms with Gasteiger partial charge in [0.2, 0.25) is 0 Å². The molecule has 0 saturated carbocycles. The molecule has 98 valence electrons. The Morgan fingerprint density at radius 1 is 1.21 bits per heavy atom. The van der Waals surface area contributed by atoms with Gasteiger partial charge in [0.1, 0.15) is 11.6 Å². The van der Waals surface area contributed by atoms with Gasteiger partial charge < -0.3 is 10.4 Å². The van der Waals surface area contributed by atoms with E-state index in [1.165, 1.54) is 30.3 Å². The summed E-state index contributed by atoms with van der Waals surface area (Å²) in [6, 6.07) is 7.51. The van der Waals surface area contributed by atoms with E-state index in [0.29, 0.717) is 10.2 Å². The maximum Gasteiger partial charge on any atom is 0.337 e. The SMILES string of the molecule is O=C(O)c1cccc(F)c1Nc1ccc(F)cc1Br. The fourth-order valence-electron chi connectivity index (χ4n) is 1.55. The van der Waals surface area contributed by atoms with E-state index in [4.69, 9.17) is 5.11 Å². The highest BCUT2D eigenvalue weighted by Gasteiger charge is 2.15. The molecular weight excluding hydrogens is 320 g/mol. The molecule has 2 aromatic rings. The van der Waals surface area contributed by atoms with Crippen LogP contribution in [-0.4, -0.2) is 11.1 Å². The average molecular weight is 328 g/mol. The average Bonchev–Trinajstić information content (AvgIpc) is 2.34. The van der Waals surface area contributed by atoms with Crippen LogP contribution in [0.1, 0.15) is 10.4 Å². The number of carboxylic acids is 1. The number of anilines is 2. The van der Waals surface area contributed by atoms with Gasteiger partial charge in [-0.05, 0) is 46.3 Å². The third-order valence-corrected chi connectivity index (χ3v) is 3.09. The Kier molecular flexibility index (Phi) is 3.80. The van der Waals surface area contributed by atoms with Crippen LogP contribution in [0.3, 0.4) is 0 Å². The summed E-state index contributed by atoms with van der Waals surface area (Å²) in [5.41, 5.74) is 0.00698. The molecule has 0 aliphatic rings. The lowest BCUT2D eigenvalue weighted by Crippen LogP contribution is -2.05. The summed E-state index contributed by atoms with van der Waals surface area (Å²) in [6.07, 6.45) is 0. The van der Waals surface area contributed by atoms with Crippen LogP contribution in [0.2, 0.25) is 0 Å². The first-order valence-corrected chi connectivity index (χ1v) is 6.02. The molecule has 0 amide bonds. The second-order valence-corrected chi connectivity index (χ2v) is 4.57. The van der Waals surface area contributed by atoms with Crippen molar-refractivity contribution < 1.29 is 18.7 Å². The van der Waals surface area contributed by atoms with Crippen molar-refractivity contribution in [3.8, 4) is 0 Å². The van der Waals surface area contributed by atoms with Crippen molar-refractivity contribution in [3.63, 3.8) is 0 Å². The normalized spacial score (nSPS) is 10.3. The van der Waals surface area contributed by atoms with Crippen LogP contribution in [0.25, 0.3) is 0 Å². The van der Waals surface area contributed by atoms with Gasteiger partial charge in [0, 0.05) is 4.47 Å². The van der Waals surface area contributed by atoms with E-state index < -0.39 is 17.6 Å². The van der Waals surface area contributed by atoms with Crippen molar-refractivity contribution in [1.82, 2.24) is 0 Å². The van der Waals surface area contributed by atoms with Gasteiger partial charge in [0.05, 0.1) is 16.9 Å². The first-order valence-electron chi connectivity index (χ1n) is 5.23. The zero-order chi connectivity index (χ0) is 14.0. The Bertz CT molecular complexity index is 647. The van der Waals surface area contributed by atoms with E-state index in [2.05, 4.69) is 21.2 Å². The second-order valence-electron chi connectivity index (χ2n) is 3.72. The first kappa shape index (κ1) is 13.5. The summed E-state index contributed by atoms with van der Waals surface area (Å²) in [5.74, 6) is -2.40. The molecule has 0 bridgehead atoms. The first-order chi connectivity index (χ1) is 8.99. The number of carboxylic acid groups (broad SMARTS) is 1. The molecular formula is C13H8BrF2NO2. The zero-order valence-electron chi connectivity index (χ0n) is 9.45. The maximum atomic E-state index is 13.7. The number of nitrogens with one attached hydrogen (secondary N) is 1. The molecule has 0 aliphatic heterocycles. The summed E-state index contributed by atoms with van der Waals surface area (Å²) in [6.45, 7) is 0. The van der Waals surface area contributed by atoms with Gasteiger partial charge in [-0.3, -0.25) is 0 Å². The van der Waals surface area contributed by atoms with Gasteiger partial charge in [-0.15, -0.1) is 0 Å². The molecule has 0 fully saturated rings. The van der Waals surface area contributed by atoms with Gasteiger partial charge >= 0.3 is 5.97 Å². The number of hydrogen-bond donors (Lipinski definition) is 2. The van der Waals surface area contributed by atoms with Crippen molar-refractivity contribution >= 4 is 33.3 Å². The standard InChI is InChI=1S/C13H8BrF2NO2/c14-9-6-7(15)4-5-11(9)17-12-8(13(18)19)2-1-3-10(12)16/h1-6,17H,(H,18,19). The summed E-state index contributed by atoms with van der Waals surface area (Å²) in [7, 11) is 0. The largest absolute Gasteiger partial charge is 0.478 e. The number of para-hydroxylation sites is 1. The molecule has 2 aromatic carbocycles. The summed E-state index contributed by atoms with van der Waals surface area (Å²) in [4.78, 5) is 11.0. The van der Waals surface area contributed by atoms with Crippen molar-refractivity contribution in [1.29, 1.82) is 0 Å². The third kappa shape index (κ3) is 2.90. The van der Waals surface area contributed by atoms with E-state index in [-0.39, 0.29) is 11.3 Å². The zero-order valence-corrected chi connectivity index (χ0v) is 11.0. The van der Waals surface area contributed by atoms with Crippen molar-refractivity contribution in [2.24, 2.45) is 0 Å².